The van der Waals surface area contributed by atoms with Gasteiger partial charge in [0.1, 0.15) is 11.5 Å². The van der Waals surface area contributed by atoms with Crippen LogP contribution < -0.4 is 9.47 Å². The van der Waals surface area contributed by atoms with Crippen LogP contribution in [-0.2, 0) is 27.2 Å². The van der Waals surface area contributed by atoms with Crippen LogP contribution in [0.25, 0.3) is 0 Å². The fraction of sp³-hybridized carbons (Fsp3) is 0.280. The first-order chi connectivity index (χ1) is 15.7. The zero-order valence-corrected chi connectivity index (χ0v) is 22.1. The van der Waals surface area contributed by atoms with Gasteiger partial charge in [0, 0.05) is 31.2 Å². The molecule has 0 radical (unpaired) electrons. The first-order valence-corrected chi connectivity index (χ1v) is 11.2. The van der Waals surface area contributed by atoms with Gasteiger partial charge in [0.05, 0.1) is 34.2 Å². The van der Waals surface area contributed by atoms with E-state index in [1.165, 1.54) is 14.2 Å². The van der Waals surface area contributed by atoms with Crippen LogP contribution in [0, 0.1) is 23.7 Å². The Morgan fingerprint density at radius 1 is 0.818 bits per heavy atom. The molecule has 0 saturated carbocycles. The topological polar surface area (TPSA) is 82.1 Å². The molecular weight excluding hydrogens is 556 g/mol. The highest BCUT2D eigenvalue weighted by atomic mass is 79.9. The Morgan fingerprint density at radius 3 is 1.58 bits per heavy atom. The van der Waals surface area contributed by atoms with Gasteiger partial charge >= 0.3 is 11.9 Å². The molecule has 0 bridgehead atoms. The molecule has 0 aliphatic heterocycles. The van der Waals surface area contributed by atoms with E-state index >= 15 is 0 Å². The Balaban J connectivity index is 0.000000331. The van der Waals surface area contributed by atoms with E-state index in [-0.39, 0.29) is 18.8 Å². The summed E-state index contributed by atoms with van der Waals surface area (Å²) < 4.78 is 16.5. The van der Waals surface area contributed by atoms with Gasteiger partial charge < -0.3 is 19.3 Å². The summed E-state index contributed by atoms with van der Waals surface area (Å²) >= 11 is 6.74. The number of hydrogen-bond donors (Lipinski definition) is 1. The minimum atomic E-state index is -0.895. The van der Waals surface area contributed by atoms with Gasteiger partial charge in [0.15, 0.2) is 0 Å². The Bertz CT molecular complexity index is 1130. The van der Waals surface area contributed by atoms with Crippen LogP contribution in [-0.4, -0.2) is 38.4 Å². The molecule has 2 rings (SSSR count). The predicted molar refractivity (Wildman–Crippen MR) is 134 cm³/mol. The maximum Gasteiger partial charge on any atom is 0.310 e. The normalized spacial score (nSPS) is 9.18. The fourth-order valence-electron chi connectivity index (χ4n) is 2.73. The molecular formula is C25H24Br2O6. The van der Waals surface area contributed by atoms with E-state index in [0.717, 1.165) is 21.2 Å². The van der Waals surface area contributed by atoms with Crippen LogP contribution in [0.3, 0.4) is 0 Å². The number of esters is 1. The largest absolute Gasteiger partial charge is 0.496 e. The third kappa shape index (κ3) is 8.84. The molecule has 1 N–H and O–H groups in total. The molecule has 0 atom stereocenters. The van der Waals surface area contributed by atoms with Crippen molar-refractivity contribution in [2.75, 3.05) is 21.3 Å². The lowest BCUT2D eigenvalue weighted by Crippen LogP contribution is -2.07. The molecule has 0 aliphatic carbocycles. The standard InChI is InChI=1S/C13H13BrO3.C12H11BrO3/c1-4-5-9-6-11(14)10(8-13(15)17-3)12(7-9)16-2;1-3-4-8-5-10(13)9(7-12(14)15)11(6-8)16-2/h6-7H,8H2,1-3H3;5-6H,7H2,1-2H3,(H,14,15). The second-order valence-electron chi connectivity index (χ2n) is 6.35. The number of carbonyl (C=O) groups is 2. The zero-order chi connectivity index (χ0) is 25.0. The monoisotopic (exact) mass is 578 g/mol. The van der Waals surface area contributed by atoms with E-state index in [1.807, 2.05) is 6.07 Å². The van der Waals surface area contributed by atoms with Crippen molar-refractivity contribution in [3.63, 3.8) is 0 Å². The van der Waals surface area contributed by atoms with Crippen LogP contribution in [0.4, 0.5) is 0 Å². The number of aliphatic carboxylic acids is 1. The Labute approximate surface area is 210 Å². The van der Waals surface area contributed by atoms with Crippen molar-refractivity contribution in [2.45, 2.75) is 26.7 Å². The molecule has 0 fully saturated rings. The second-order valence-corrected chi connectivity index (χ2v) is 8.06. The lowest BCUT2D eigenvalue weighted by molar-refractivity contribution is -0.140. The fourth-order valence-corrected chi connectivity index (χ4v) is 3.90. The van der Waals surface area contributed by atoms with Crippen molar-refractivity contribution >= 4 is 43.8 Å². The lowest BCUT2D eigenvalue weighted by Gasteiger charge is -2.10. The quantitative estimate of drug-likeness (QED) is 0.383. The number of carboxylic acid groups (broad SMARTS) is 1. The molecule has 33 heavy (non-hydrogen) atoms. The van der Waals surface area contributed by atoms with Crippen LogP contribution in [0.1, 0.15) is 36.1 Å². The minimum absolute atomic E-state index is 0.0798. The van der Waals surface area contributed by atoms with E-state index in [0.29, 0.717) is 21.5 Å². The smallest absolute Gasteiger partial charge is 0.310 e. The van der Waals surface area contributed by atoms with Gasteiger partial charge in [-0.1, -0.05) is 43.7 Å². The highest BCUT2D eigenvalue weighted by Crippen LogP contribution is 2.30. The van der Waals surface area contributed by atoms with Crippen LogP contribution >= 0.6 is 31.9 Å². The molecule has 0 heterocycles. The summed E-state index contributed by atoms with van der Waals surface area (Å²) in [4.78, 5) is 22.0. The van der Waals surface area contributed by atoms with Crippen molar-refractivity contribution in [2.24, 2.45) is 0 Å². The highest BCUT2D eigenvalue weighted by molar-refractivity contribution is 9.10. The Hall–Kier alpha value is -2.94. The number of carboxylic acids is 1. The van der Waals surface area contributed by atoms with Gasteiger partial charge in [-0.25, -0.2) is 0 Å². The summed E-state index contributed by atoms with van der Waals surface area (Å²) in [5.41, 5.74) is 3.02. The van der Waals surface area contributed by atoms with Gasteiger partial charge in [-0.05, 0) is 38.1 Å². The molecule has 0 amide bonds. The Morgan fingerprint density at radius 2 is 1.24 bits per heavy atom. The van der Waals surface area contributed by atoms with Crippen LogP contribution in [0.5, 0.6) is 11.5 Å². The van der Waals surface area contributed by atoms with Crippen LogP contribution in [0.15, 0.2) is 33.2 Å². The van der Waals surface area contributed by atoms with E-state index < -0.39 is 5.97 Å². The van der Waals surface area contributed by atoms with Gasteiger partial charge in [-0.15, -0.1) is 11.8 Å². The average molecular weight is 580 g/mol. The summed E-state index contributed by atoms with van der Waals surface area (Å²) in [5, 5.41) is 8.78. The van der Waals surface area contributed by atoms with Gasteiger partial charge in [0.2, 0.25) is 0 Å². The first kappa shape index (κ1) is 28.1. The van der Waals surface area contributed by atoms with Crippen molar-refractivity contribution in [3.8, 4) is 35.2 Å². The summed E-state index contributed by atoms with van der Waals surface area (Å²) in [6, 6.07) is 7.19. The van der Waals surface area contributed by atoms with Crippen molar-refractivity contribution in [3.05, 3.63) is 55.5 Å². The SMILES string of the molecule is CC#Cc1cc(Br)c(CC(=O)O)c(OC)c1.CC#Cc1cc(Br)c(CC(=O)OC)c(OC)c1. The molecule has 0 aromatic heterocycles. The average Bonchev–Trinajstić information content (AvgIpc) is 2.77. The molecule has 8 heteroatoms. The van der Waals surface area contributed by atoms with Crippen molar-refractivity contribution in [1.82, 2.24) is 0 Å². The van der Waals surface area contributed by atoms with Crippen LogP contribution in [0.2, 0.25) is 0 Å². The number of ether oxygens (including phenoxy) is 3. The van der Waals surface area contributed by atoms with Gasteiger partial charge in [-0.3, -0.25) is 9.59 Å². The molecule has 6 nitrogen and oxygen atoms in total. The molecule has 0 unspecified atom stereocenters. The number of carbonyl (C=O) groups excluding carboxylic acids is 1. The van der Waals surface area contributed by atoms with E-state index in [1.54, 1.807) is 39.2 Å². The van der Waals surface area contributed by atoms with E-state index in [4.69, 9.17) is 14.6 Å². The molecule has 174 valence electrons. The molecule has 0 saturated heterocycles. The number of rotatable bonds is 6. The molecule has 0 aliphatic rings. The van der Waals surface area contributed by atoms with E-state index in [2.05, 4.69) is 60.3 Å². The number of methoxy groups -OCH3 is 3. The lowest BCUT2D eigenvalue weighted by atomic mass is 10.1. The molecule has 2 aromatic rings. The van der Waals surface area contributed by atoms with Gasteiger partial charge in [0.25, 0.3) is 0 Å². The third-order valence-corrected chi connectivity index (χ3v) is 5.58. The highest BCUT2D eigenvalue weighted by Gasteiger charge is 2.14. The third-order valence-electron chi connectivity index (χ3n) is 4.16. The summed E-state index contributed by atoms with van der Waals surface area (Å²) in [5.74, 6) is 11.4. The summed E-state index contributed by atoms with van der Waals surface area (Å²) in [7, 11) is 4.43. The summed E-state index contributed by atoms with van der Waals surface area (Å²) in [6.45, 7) is 3.51. The van der Waals surface area contributed by atoms with E-state index in [9.17, 15) is 9.59 Å². The van der Waals surface area contributed by atoms with Crippen molar-refractivity contribution < 1.29 is 28.9 Å². The Kier molecular flexibility index (Phi) is 12.1. The first-order valence-electron chi connectivity index (χ1n) is 9.57. The molecule has 2 aromatic carbocycles. The minimum Gasteiger partial charge on any atom is -0.496 e. The number of halogens is 2. The van der Waals surface area contributed by atoms with Gasteiger partial charge in [-0.2, -0.15) is 0 Å². The predicted octanol–water partition coefficient (Wildman–Crippen LogP) is 5.00. The maximum absolute atomic E-state index is 11.3. The zero-order valence-electron chi connectivity index (χ0n) is 19.0. The second kappa shape index (κ2) is 14.3. The molecule has 0 spiro atoms. The van der Waals surface area contributed by atoms with Crippen molar-refractivity contribution in [1.29, 1.82) is 0 Å². The number of hydrogen-bond acceptors (Lipinski definition) is 5. The number of benzene rings is 2. The maximum atomic E-state index is 11.3. The summed E-state index contributed by atoms with van der Waals surface area (Å²) in [6.07, 6.45) is 0.0870.